The van der Waals surface area contributed by atoms with Crippen LogP contribution in [0.2, 0.25) is 0 Å². The lowest BCUT2D eigenvalue weighted by atomic mass is 9.85. The number of carbonyl (C=O) groups excluding carboxylic acids is 4. The molecule has 0 saturated carbocycles. The molecule has 2 aromatic rings. The molecule has 2 aromatic carbocycles. The van der Waals surface area contributed by atoms with Crippen molar-refractivity contribution in [2.45, 2.75) is 103 Å². The Hall–Kier alpha value is -3.41. The lowest BCUT2D eigenvalue weighted by Gasteiger charge is -2.35. The van der Waals surface area contributed by atoms with Crippen molar-refractivity contribution in [2.24, 2.45) is 16.6 Å². The topological polar surface area (TPSA) is 154 Å². The number of amides is 4. The first-order valence-corrected chi connectivity index (χ1v) is 17.1. The van der Waals surface area contributed by atoms with E-state index in [1.165, 1.54) is 16.7 Å². The van der Waals surface area contributed by atoms with Crippen LogP contribution in [0.1, 0.15) is 66.5 Å². The predicted octanol–water partition coefficient (Wildman–Crippen LogP) is 3.02. The number of nitrogens with one attached hydrogen (secondary N) is 3. The lowest BCUT2D eigenvalue weighted by molar-refractivity contribution is -0.148. The summed E-state index contributed by atoms with van der Waals surface area (Å²) in [6.45, 7) is 15.7. The highest BCUT2D eigenvalue weighted by atomic mass is 32.2. The zero-order valence-corrected chi connectivity index (χ0v) is 29.8. The molecule has 0 spiro atoms. The second-order valence-electron chi connectivity index (χ2n) is 15.2. The summed E-state index contributed by atoms with van der Waals surface area (Å²) in [5.74, 6) is -1.77. The Bertz CT molecular complexity index is 1370. The molecule has 47 heavy (non-hydrogen) atoms. The van der Waals surface area contributed by atoms with Crippen LogP contribution in [-0.4, -0.2) is 81.1 Å². The molecular weight excluding hydrogens is 614 g/mol. The first-order chi connectivity index (χ1) is 21.8. The number of carbonyl (C=O) groups is 4. The highest BCUT2D eigenvalue weighted by molar-refractivity contribution is 8.00. The molecule has 258 valence electrons. The van der Waals surface area contributed by atoms with Crippen LogP contribution in [0.4, 0.5) is 0 Å². The van der Waals surface area contributed by atoms with Crippen LogP contribution < -0.4 is 21.7 Å². The molecule has 1 aliphatic heterocycles. The average molecular weight is 668 g/mol. The normalized spacial score (nSPS) is 18.9. The Kier molecular flexibility index (Phi) is 12.7. The van der Waals surface area contributed by atoms with E-state index < -0.39 is 58.2 Å². The molecule has 1 heterocycles. The summed E-state index contributed by atoms with van der Waals surface area (Å²) < 4.78 is -0.602. The van der Waals surface area contributed by atoms with Gasteiger partial charge in [0, 0.05) is 11.3 Å². The van der Waals surface area contributed by atoms with Gasteiger partial charge in [-0.2, -0.15) is 0 Å². The van der Waals surface area contributed by atoms with Gasteiger partial charge in [-0.15, -0.1) is 11.8 Å². The Morgan fingerprint density at radius 3 is 1.94 bits per heavy atom. The van der Waals surface area contributed by atoms with Crippen LogP contribution in [0.3, 0.4) is 0 Å². The molecule has 11 heteroatoms. The zero-order chi connectivity index (χ0) is 35.2. The van der Waals surface area contributed by atoms with Crippen LogP contribution in [0.15, 0.2) is 60.7 Å². The van der Waals surface area contributed by atoms with Crippen LogP contribution in [0, 0.1) is 10.8 Å². The standard InChI is InChI=1S/C36H53N5O5S/c1-34(2,3)21-38-32(45)29-36(7,8)47-22-41(29)33(46)27(42)26(20-24-17-13-10-14-18-24)39-31(44)28(35(4,5)6)40-30(43)25(37)19-23-15-11-9-12-16-23/h9-18,25-29,42H,19-22,37H2,1-8H3,(H,38,45)(H,39,44)(H,40,43)/t25-,26-,27-,28+,29+/m0/s1. The van der Waals surface area contributed by atoms with E-state index in [0.717, 1.165) is 11.1 Å². The molecule has 5 atom stereocenters. The Morgan fingerprint density at radius 1 is 0.894 bits per heavy atom. The summed E-state index contributed by atoms with van der Waals surface area (Å²) in [4.78, 5) is 56.0. The van der Waals surface area contributed by atoms with Gasteiger partial charge in [-0.25, -0.2) is 0 Å². The summed E-state index contributed by atoms with van der Waals surface area (Å²) in [5.41, 5.74) is 7.04. The first kappa shape index (κ1) is 38.0. The third-order valence-electron chi connectivity index (χ3n) is 8.18. The highest BCUT2D eigenvalue weighted by Gasteiger charge is 2.50. The Labute approximate surface area is 284 Å². The van der Waals surface area contributed by atoms with E-state index in [2.05, 4.69) is 16.0 Å². The minimum Gasteiger partial charge on any atom is -0.381 e. The smallest absolute Gasteiger partial charge is 0.254 e. The van der Waals surface area contributed by atoms with E-state index in [4.69, 9.17) is 5.73 Å². The highest BCUT2D eigenvalue weighted by Crippen LogP contribution is 2.40. The van der Waals surface area contributed by atoms with Crippen LogP contribution in [-0.2, 0) is 32.0 Å². The van der Waals surface area contributed by atoms with E-state index >= 15 is 0 Å². The van der Waals surface area contributed by atoms with Crippen molar-refractivity contribution < 1.29 is 24.3 Å². The second-order valence-corrected chi connectivity index (χ2v) is 16.8. The average Bonchev–Trinajstić information content (AvgIpc) is 3.32. The van der Waals surface area contributed by atoms with E-state index in [1.54, 1.807) is 0 Å². The molecule has 3 rings (SSSR count). The number of hydrogen-bond acceptors (Lipinski definition) is 7. The maximum Gasteiger partial charge on any atom is 0.254 e. The fourth-order valence-corrected chi connectivity index (χ4v) is 6.61. The van der Waals surface area contributed by atoms with Gasteiger partial charge in [0.1, 0.15) is 12.1 Å². The van der Waals surface area contributed by atoms with Gasteiger partial charge < -0.3 is 31.7 Å². The molecule has 0 radical (unpaired) electrons. The molecule has 0 aromatic heterocycles. The van der Waals surface area contributed by atoms with Crippen molar-refractivity contribution >= 4 is 35.4 Å². The van der Waals surface area contributed by atoms with Crippen molar-refractivity contribution in [1.82, 2.24) is 20.9 Å². The Balaban J connectivity index is 1.85. The third kappa shape index (κ3) is 10.8. The van der Waals surface area contributed by atoms with Gasteiger partial charge in [0.25, 0.3) is 5.91 Å². The molecule has 10 nitrogen and oxygen atoms in total. The number of aliphatic hydroxyl groups excluding tert-OH is 1. The molecule has 0 unspecified atom stereocenters. The van der Waals surface area contributed by atoms with E-state index in [1.807, 2.05) is 116 Å². The van der Waals surface area contributed by atoms with Gasteiger partial charge in [-0.3, -0.25) is 19.2 Å². The lowest BCUT2D eigenvalue weighted by Crippen LogP contribution is -2.62. The quantitative estimate of drug-likeness (QED) is 0.233. The molecule has 4 amide bonds. The molecular formula is C36H53N5O5S. The monoisotopic (exact) mass is 667 g/mol. The van der Waals surface area contributed by atoms with Crippen LogP contribution in [0.5, 0.6) is 0 Å². The number of nitrogens with two attached hydrogens (primary N) is 1. The molecule has 0 aliphatic carbocycles. The van der Waals surface area contributed by atoms with Gasteiger partial charge in [0.15, 0.2) is 6.10 Å². The number of nitrogens with zero attached hydrogens (tertiary/aromatic N) is 1. The van der Waals surface area contributed by atoms with Crippen molar-refractivity contribution in [2.75, 3.05) is 12.4 Å². The van der Waals surface area contributed by atoms with Crippen LogP contribution in [0.25, 0.3) is 0 Å². The largest absolute Gasteiger partial charge is 0.381 e. The van der Waals surface area contributed by atoms with Crippen LogP contribution >= 0.6 is 11.8 Å². The second kappa shape index (κ2) is 15.7. The third-order valence-corrected chi connectivity index (χ3v) is 9.56. The number of thioether (sulfide) groups is 1. The number of hydrogen-bond donors (Lipinski definition) is 5. The SMILES string of the molecule is CC(C)(C)CNC(=O)[C@H]1N(C(=O)[C@@H](O)[C@H](Cc2ccccc2)NC(=O)[C@@H](NC(=O)[C@@H](N)Cc2ccccc2)C(C)(C)C)CSC1(C)C. The first-order valence-electron chi connectivity index (χ1n) is 16.1. The number of rotatable bonds is 12. The van der Waals surface area contributed by atoms with Crippen molar-refractivity contribution in [1.29, 1.82) is 0 Å². The summed E-state index contributed by atoms with van der Waals surface area (Å²) in [6.07, 6.45) is -1.23. The predicted molar refractivity (Wildman–Crippen MR) is 187 cm³/mol. The summed E-state index contributed by atoms with van der Waals surface area (Å²) >= 11 is 1.46. The molecule has 1 saturated heterocycles. The van der Waals surface area contributed by atoms with Crippen molar-refractivity contribution in [3.05, 3.63) is 71.8 Å². The van der Waals surface area contributed by atoms with Gasteiger partial charge >= 0.3 is 0 Å². The van der Waals surface area contributed by atoms with Gasteiger partial charge in [0.2, 0.25) is 17.7 Å². The summed E-state index contributed by atoms with van der Waals surface area (Å²) in [6, 6.07) is 14.8. The molecule has 6 N–H and O–H groups in total. The molecule has 1 fully saturated rings. The fourth-order valence-electron chi connectivity index (χ4n) is 5.46. The number of aliphatic hydroxyl groups is 1. The summed E-state index contributed by atoms with van der Waals surface area (Å²) in [7, 11) is 0. The van der Waals surface area contributed by atoms with Gasteiger partial charge in [0.05, 0.1) is 18.0 Å². The van der Waals surface area contributed by atoms with E-state index in [0.29, 0.717) is 13.0 Å². The van der Waals surface area contributed by atoms with E-state index in [-0.39, 0.29) is 23.6 Å². The molecule has 1 aliphatic rings. The minimum absolute atomic E-state index is 0.142. The summed E-state index contributed by atoms with van der Waals surface area (Å²) in [5, 5.41) is 20.3. The molecule has 0 bridgehead atoms. The fraction of sp³-hybridized carbons (Fsp3) is 0.556. The van der Waals surface area contributed by atoms with Gasteiger partial charge in [-0.1, -0.05) is 102 Å². The van der Waals surface area contributed by atoms with E-state index in [9.17, 15) is 24.3 Å². The zero-order valence-electron chi connectivity index (χ0n) is 29.0. The minimum atomic E-state index is -1.66. The Morgan fingerprint density at radius 2 is 1.43 bits per heavy atom. The maximum atomic E-state index is 14.0. The van der Waals surface area contributed by atoms with Crippen molar-refractivity contribution in [3.63, 3.8) is 0 Å². The van der Waals surface area contributed by atoms with Gasteiger partial charge in [-0.05, 0) is 48.6 Å². The van der Waals surface area contributed by atoms with Crippen molar-refractivity contribution in [3.8, 4) is 0 Å². The number of benzene rings is 2. The maximum absolute atomic E-state index is 14.0.